The molecule has 0 saturated heterocycles. The number of hydrogen-bond donors (Lipinski definition) is 1. The molecule has 21 heavy (non-hydrogen) atoms. The van der Waals surface area contributed by atoms with Crippen molar-refractivity contribution in [1.29, 1.82) is 0 Å². The first-order valence-corrected chi connectivity index (χ1v) is 7.44. The van der Waals surface area contributed by atoms with E-state index in [4.69, 9.17) is 4.74 Å². The summed E-state index contributed by atoms with van der Waals surface area (Å²) >= 11 is 3.39. The van der Waals surface area contributed by atoms with Crippen LogP contribution in [0, 0.1) is 0 Å². The number of rotatable bonds is 3. The van der Waals surface area contributed by atoms with Gasteiger partial charge in [0.2, 0.25) is 6.08 Å². The van der Waals surface area contributed by atoms with Crippen molar-refractivity contribution < 1.29 is 14.3 Å². The van der Waals surface area contributed by atoms with Crippen molar-refractivity contribution in [1.82, 2.24) is 0 Å². The summed E-state index contributed by atoms with van der Waals surface area (Å²) in [6.45, 7) is 5.40. The third-order valence-corrected chi connectivity index (χ3v) is 3.81. The second-order valence-corrected chi connectivity index (χ2v) is 6.91. The van der Waals surface area contributed by atoms with E-state index in [-0.39, 0.29) is 0 Å². The topological polar surface area (TPSA) is 67.8 Å². The lowest BCUT2D eigenvalue weighted by Crippen LogP contribution is -2.27. The maximum Gasteiger partial charge on any atom is 0.412 e. The number of carbonyl (C=O) groups is 1. The average Bonchev–Trinajstić information content (AvgIpc) is 3.11. The Morgan fingerprint density at radius 1 is 1.43 bits per heavy atom. The van der Waals surface area contributed by atoms with E-state index in [1.165, 1.54) is 0 Å². The second-order valence-electron chi connectivity index (χ2n) is 6.06. The highest BCUT2D eigenvalue weighted by Gasteiger charge is 2.45. The van der Waals surface area contributed by atoms with Gasteiger partial charge >= 0.3 is 6.09 Å². The van der Waals surface area contributed by atoms with Gasteiger partial charge in [-0.2, -0.15) is 4.99 Å². The van der Waals surface area contributed by atoms with Crippen molar-refractivity contribution in [2.75, 3.05) is 5.32 Å². The smallest absolute Gasteiger partial charge is 0.412 e. The van der Waals surface area contributed by atoms with Crippen LogP contribution in [0.1, 0.15) is 39.2 Å². The van der Waals surface area contributed by atoms with E-state index < -0.39 is 17.2 Å². The zero-order chi connectivity index (χ0) is 15.7. The summed E-state index contributed by atoms with van der Waals surface area (Å²) in [5.74, 6) is 0. The maximum atomic E-state index is 11.8. The molecule has 1 aromatic carbocycles. The molecule has 1 amide bonds. The largest absolute Gasteiger partial charge is 0.444 e. The van der Waals surface area contributed by atoms with E-state index >= 15 is 0 Å². The van der Waals surface area contributed by atoms with Crippen molar-refractivity contribution in [3.8, 4) is 0 Å². The number of nitrogens with one attached hydrogen (secondary N) is 1. The molecule has 0 heterocycles. The average molecular weight is 353 g/mol. The number of anilines is 1. The van der Waals surface area contributed by atoms with Crippen LogP contribution in [0.2, 0.25) is 0 Å². The minimum absolute atomic E-state index is 0.465. The van der Waals surface area contributed by atoms with Crippen LogP contribution < -0.4 is 5.32 Å². The molecule has 0 spiro atoms. The van der Waals surface area contributed by atoms with E-state index in [1.807, 2.05) is 18.2 Å². The number of carbonyl (C=O) groups excluding carboxylic acids is 2. The number of halogens is 1. The molecular weight excluding hydrogens is 336 g/mol. The third-order valence-electron chi connectivity index (χ3n) is 3.12. The maximum absolute atomic E-state index is 11.8. The highest BCUT2D eigenvalue weighted by atomic mass is 79.9. The zero-order valence-corrected chi connectivity index (χ0v) is 13.8. The van der Waals surface area contributed by atoms with Crippen molar-refractivity contribution in [2.45, 2.75) is 44.8 Å². The Kier molecular flexibility index (Phi) is 4.21. The van der Waals surface area contributed by atoms with Crippen molar-refractivity contribution >= 4 is 33.8 Å². The number of benzene rings is 1. The molecule has 1 saturated carbocycles. The van der Waals surface area contributed by atoms with Crippen molar-refractivity contribution in [3.63, 3.8) is 0 Å². The van der Waals surface area contributed by atoms with Gasteiger partial charge in [-0.3, -0.25) is 5.32 Å². The summed E-state index contributed by atoms with van der Waals surface area (Å²) in [4.78, 5) is 26.3. The van der Waals surface area contributed by atoms with Crippen LogP contribution in [0.5, 0.6) is 0 Å². The molecule has 0 radical (unpaired) electrons. The zero-order valence-electron chi connectivity index (χ0n) is 12.2. The molecule has 1 N–H and O–H groups in total. The molecule has 1 aliphatic rings. The van der Waals surface area contributed by atoms with E-state index in [9.17, 15) is 9.59 Å². The van der Waals surface area contributed by atoms with Gasteiger partial charge in [0.05, 0.1) is 11.2 Å². The van der Waals surface area contributed by atoms with Gasteiger partial charge in [-0.05, 0) is 67.2 Å². The number of aliphatic imine (C=N–C) groups is 1. The fourth-order valence-electron chi connectivity index (χ4n) is 1.99. The molecule has 0 unspecified atom stereocenters. The Morgan fingerprint density at radius 2 is 2.10 bits per heavy atom. The van der Waals surface area contributed by atoms with E-state index in [0.29, 0.717) is 5.69 Å². The van der Waals surface area contributed by atoms with E-state index in [1.54, 1.807) is 26.9 Å². The monoisotopic (exact) mass is 352 g/mol. The fraction of sp³-hybridized carbons (Fsp3) is 0.467. The Balaban J connectivity index is 2.21. The van der Waals surface area contributed by atoms with Crippen LogP contribution in [-0.2, 0) is 15.1 Å². The molecule has 2 rings (SSSR count). The Hall–Kier alpha value is -1.65. The lowest BCUT2D eigenvalue weighted by atomic mass is 10.0. The number of isocyanates is 1. The molecule has 6 heteroatoms. The molecule has 0 bridgehead atoms. The lowest BCUT2D eigenvalue weighted by molar-refractivity contribution is 0.0636. The summed E-state index contributed by atoms with van der Waals surface area (Å²) in [6, 6.07) is 5.52. The lowest BCUT2D eigenvalue weighted by Gasteiger charge is -2.20. The Bertz CT molecular complexity index is 612. The number of amides is 1. The molecule has 0 atom stereocenters. The summed E-state index contributed by atoms with van der Waals surface area (Å²) < 4.78 is 5.97. The quantitative estimate of drug-likeness (QED) is 0.657. The number of nitrogens with zero attached hydrogens (tertiary/aromatic N) is 1. The normalized spacial score (nSPS) is 15.8. The first-order valence-electron chi connectivity index (χ1n) is 6.65. The summed E-state index contributed by atoms with van der Waals surface area (Å²) in [5, 5.41) is 2.70. The van der Waals surface area contributed by atoms with E-state index in [0.717, 1.165) is 22.9 Å². The minimum atomic E-state index is -0.562. The number of hydrogen-bond acceptors (Lipinski definition) is 4. The Morgan fingerprint density at radius 3 is 2.62 bits per heavy atom. The first kappa shape index (κ1) is 15.7. The summed E-state index contributed by atoms with van der Waals surface area (Å²) in [6.07, 6.45) is 2.73. The molecule has 0 aliphatic heterocycles. The van der Waals surface area contributed by atoms with Crippen LogP contribution in [0.4, 0.5) is 10.5 Å². The minimum Gasteiger partial charge on any atom is -0.444 e. The van der Waals surface area contributed by atoms with Crippen LogP contribution in [-0.4, -0.2) is 17.8 Å². The van der Waals surface area contributed by atoms with E-state index in [2.05, 4.69) is 26.2 Å². The van der Waals surface area contributed by atoms with Gasteiger partial charge in [0.15, 0.2) is 0 Å². The molecule has 1 aromatic rings. The number of ether oxygens (including phenoxy) is 1. The molecule has 5 nitrogen and oxygen atoms in total. The van der Waals surface area contributed by atoms with Gasteiger partial charge < -0.3 is 4.74 Å². The van der Waals surface area contributed by atoms with Gasteiger partial charge in [-0.25, -0.2) is 9.59 Å². The molecule has 1 aliphatic carbocycles. The van der Waals surface area contributed by atoms with Gasteiger partial charge in [0.25, 0.3) is 0 Å². The molecule has 1 fully saturated rings. The van der Waals surface area contributed by atoms with Crippen LogP contribution in [0.15, 0.2) is 27.7 Å². The first-order chi connectivity index (χ1) is 9.76. The predicted molar refractivity (Wildman–Crippen MR) is 83.0 cm³/mol. The summed E-state index contributed by atoms with van der Waals surface area (Å²) in [7, 11) is 0. The van der Waals surface area contributed by atoms with Crippen LogP contribution in [0.3, 0.4) is 0 Å². The standard InChI is InChI=1S/C15H17BrN2O3/c1-14(2,3)21-13(20)18-12-8-10(4-5-11(12)16)15(6-7-15)17-9-19/h4-5,8H,6-7H2,1-3H3,(H,18,20). The van der Waals surface area contributed by atoms with Gasteiger partial charge in [0.1, 0.15) is 5.60 Å². The van der Waals surface area contributed by atoms with Gasteiger partial charge in [-0.1, -0.05) is 6.07 Å². The fourth-order valence-corrected chi connectivity index (χ4v) is 2.34. The van der Waals surface area contributed by atoms with Crippen LogP contribution in [0.25, 0.3) is 0 Å². The van der Waals surface area contributed by atoms with Crippen molar-refractivity contribution in [2.24, 2.45) is 4.99 Å². The second kappa shape index (κ2) is 5.62. The highest BCUT2D eigenvalue weighted by Crippen LogP contribution is 2.50. The Labute approximate surface area is 131 Å². The van der Waals surface area contributed by atoms with Gasteiger partial charge in [-0.15, -0.1) is 0 Å². The predicted octanol–water partition coefficient (Wildman–Crippen LogP) is 4.12. The third kappa shape index (κ3) is 3.93. The molecule has 112 valence electrons. The highest BCUT2D eigenvalue weighted by molar-refractivity contribution is 9.10. The van der Waals surface area contributed by atoms with Crippen LogP contribution >= 0.6 is 15.9 Å². The molecular formula is C15H17BrN2O3. The SMILES string of the molecule is CC(C)(C)OC(=O)Nc1cc(C2(N=C=O)CC2)ccc1Br. The molecule has 0 aromatic heterocycles. The van der Waals surface area contributed by atoms with Crippen molar-refractivity contribution in [3.05, 3.63) is 28.2 Å². The van der Waals surface area contributed by atoms with Gasteiger partial charge in [0, 0.05) is 4.47 Å². The summed E-state index contributed by atoms with van der Waals surface area (Å²) in [5.41, 5.74) is 0.453.